The molecule has 0 saturated carbocycles. The van der Waals surface area contributed by atoms with E-state index in [9.17, 15) is 0 Å². The van der Waals surface area contributed by atoms with Gasteiger partial charge in [-0.2, -0.15) is 0 Å². The van der Waals surface area contributed by atoms with E-state index < -0.39 is 0 Å². The second-order valence-corrected chi connectivity index (χ2v) is 4.04. The first-order valence-electron chi connectivity index (χ1n) is 4.25. The van der Waals surface area contributed by atoms with Gasteiger partial charge in [0.2, 0.25) is 0 Å². The normalized spacial score (nSPS) is 23.5. The minimum absolute atomic E-state index is 0.134. The van der Waals surface area contributed by atoms with Crippen LogP contribution in [0.2, 0.25) is 0 Å². The van der Waals surface area contributed by atoms with Gasteiger partial charge in [0.15, 0.2) is 0 Å². The van der Waals surface area contributed by atoms with Gasteiger partial charge in [-0.05, 0) is 25.9 Å². The van der Waals surface area contributed by atoms with Crippen LogP contribution in [-0.4, -0.2) is 35.8 Å². The Morgan fingerprint density at radius 2 is 1.82 bits per heavy atom. The van der Waals surface area contributed by atoms with Crippen molar-refractivity contribution < 1.29 is 0 Å². The number of likely N-dealkylation sites (tertiary alicyclic amines) is 1. The van der Waals surface area contributed by atoms with Gasteiger partial charge in [-0.15, -0.1) is 23.2 Å². The number of hydrogen-bond donors (Lipinski definition) is 0. The number of piperidine rings is 1. The molecule has 66 valence electrons. The first kappa shape index (κ1) is 9.63. The molecule has 1 unspecified atom stereocenters. The molecule has 0 amide bonds. The average Bonchev–Trinajstić information content (AvgIpc) is 2.06. The van der Waals surface area contributed by atoms with Gasteiger partial charge in [-0.25, -0.2) is 0 Å². The molecule has 1 fully saturated rings. The van der Waals surface area contributed by atoms with Crippen LogP contribution in [0.5, 0.6) is 0 Å². The Hall–Kier alpha value is 0.540. The van der Waals surface area contributed by atoms with Gasteiger partial charge in [0.1, 0.15) is 0 Å². The molecule has 3 heteroatoms. The fraction of sp³-hybridized carbons (Fsp3) is 1.00. The summed E-state index contributed by atoms with van der Waals surface area (Å²) in [6.07, 6.45) is 4.03. The minimum Gasteiger partial charge on any atom is -0.302 e. The molecule has 0 bridgehead atoms. The Bertz CT molecular complexity index is 102. The van der Waals surface area contributed by atoms with E-state index in [-0.39, 0.29) is 5.38 Å². The van der Waals surface area contributed by atoms with Crippen molar-refractivity contribution in [2.24, 2.45) is 0 Å². The van der Waals surface area contributed by atoms with Crippen molar-refractivity contribution in [2.45, 2.75) is 24.6 Å². The third-order valence-electron chi connectivity index (χ3n) is 2.07. The molecular weight excluding hydrogens is 181 g/mol. The quantitative estimate of drug-likeness (QED) is 0.626. The standard InChI is InChI=1S/C8H15Cl2N/c9-6-8(10)7-11-4-2-1-3-5-11/h8H,1-7H2. The monoisotopic (exact) mass is 195 g/mol. The summed E-state index contributed by atoms with van der Waals surface area (Å²) in [4.78, 5) is 2.41. The summed E-state index contributed by atoms with van der Waals surface area (Å²) in [7, 11) is 0. The van der Waals surface area contributed by atoms with Crippen LogP contribution in [0.3, 0.4) is 0 Å². The van der Waals surface area contributed by atoms with Crippen molar-refractivity contribution >= 4 is 23.2 Å². The molecule has 0 aromatic heterocycles. The maximum Gasteiger partial charge on any atom is 0.0598 e. The van der Waals surface area contributed by atoms with Crippen molar-refractivity contribution in [1.29, 1.82) is 0 Å². The highest BCUT2D eigenvalue weighted by Gasteiger charge is 2.13. The molecule has 1 aliphatic heterocycles. The van der Waals surface area contributed by atoms with E-state index in [1.54, 1.807) is 0 Å². The lowest BCUT2D eigenvalue weighted by Crippen LogP contribution is -2.35. The zero-order chi connectivity index (χ0) is 8.10. The number of alkyl halides is 2. The van der Waals surface area contributed by atoms with Crippen molar-refractivity contribution in [2.75, 3.05) is 25.5 Å². The van der Waals surface area contributed by atoms with E-state index in [0.29, 0.717) is 5.88 Å². The maximum absolute atomic E-state index is 5.92. The summed E-state index contributed by atoms with van der Waals surface area (Å²) < 4.78 is 0. The predicted molar refractivity (Wildman–Crippen MR) is 50.7 cm³/mol. The first-order valence-corrected chi connectivity index (χ1v) is 5.22. The van der Waals surface area contributed by atoms with Gasteiger partial charge in [0.25, 0.3) is 0 Å². The van der Waals surface area contributed by atoms with Crippen LogP contribution in [0.4, 0.5) is 0 Å². The third-order valence-corrected chi connectivity index (χ3v) is 2.90. The molecule has 1 heterocycles. The fourth-order valence-corrected chi connectivity index (χ4v) is 1.76. The molecule has 0 aliphatic carbocycles. The van der Waals surface area contributed by atoms with E-state index in [0.717, 1.165) is 6.54 Å². The average molecular weight is 196 g/mol. The lowest BCUT2D eigenvalue weighted by atomic mass is 10.1. The molecule has 0 N–H and O–H groups in total. The van der Waals surface area contributed by atoms with E-state index in [4.69, 9.17) is 23.2 Å². The topological polar surface area (TPSA) is 3.24 Å². The second-order valence-electron chi connectivity index (χ2n) is 3.11. The minimum atomic E-state index is 0.134. The van der Waals surface area contributed by atoms with E-state index in [2.05, 4.69) is 4.90 Å². The van der Waals surface area contributed by atoms with Crippen LogP contribution in [0.25, 0.3) is 0 Å². The van der Waals surface area contributed by atoms with Crippen molar-refractivity contribution in [3.05, 3.63) is 0 Å². The molecule has 0 aromatic carbocycles. The van der Waals surface area contributed by atoms with Crippen LogP contribution < -0.4 is 0 Å². The molecule has 0 radical (unpaired) electrons. The zero-order valence-electron chi connectivity index (χ0n) is 6.73. The van der Waals surface area contributed by atoms with Crippen LogP contribution in [-0.2, 0) is 0 Å². The largest absolute Gasteiger partial charge is 0.302 e. The number of nitrogens with zero attached hydrogens (tertiary/aromatic N) is 1. The Kier molecular flexibility index (Phi) is 4.58. The van der Waals surface area contributed by atoms with E-state index in [1.165, 1.54) is 32.4 Å². The maximum atomic E-state index is 5.92. The predicted octanol–water partition coefficient (Wildman–Crippen LogP) is 2.32. The molecule has 11 heavy (non-hydrogen) atoms. The summed E-state index contributed by atoms with van der Waals surface area (Å²) in [5.74, 6) is 0.568. The van der Waals surface area contributed by atoms with Gasteiger partial charge in [-0.3, -0.25) is 0 Å². The summed E-state index contributed by atoms with van der Waals surface area (Å²) in [5.41, 5.74) is 0. The van der Waals surface area contributed by atoms with E-state index in [1.807, 2.05) is 0 Å². The number of rotatable bonds is 3. The van der Waals surface area contributed by atoms with Crippen molar-refractivity contribution in [3.63, 3.8) is 0 Å². The Morgan fingerprint density at radius 3 is 2.36 bits per heavy atom. The smallest absolute Gasteiger partial charge is 0.0598 e. The lowest BCUT2D eigenvalue weighted by Gasteiger charge is -2.27. The van der Waals surface area contributed by atoms with Crippen LogP contribution >= 0.6 is 23.2 Å². The van der Waals surface area contributed by atoms with Crippen LogP contribution in [0.1, 0.15) is 19.3 Å². The molecule has 1 saturated heterocycles. The lowest BCUT2D eigenvalue weighted by molar-refractivity contribution is 0.231. The number of hydrogen-bond acceptors (Lipinski definition) is 1. The summed E-state index contributed by atoms with van der Waals surface area (Å²) in [5, 5.41) is 0.134. The van der Waals surface area contributed by atoms with E-state index >= 15 is 0 Å². The van der Waals surface area contributed by atoms with Gasteiger partial charge in [-0.1, -0.05) is 6.42 Å². The molecule has 1 nitrogen and oxygen atoms in total. The molecule has 0 aromatic rings. The fourth-order valence-electron chi connectivity index (χ4n) is 1.47. The van der Waals surface area contributed by atoms with Crippen molar-refractivity contribution in [1.82, 2.24) is 4.90 Å². The molecule has 1 rings (SSSR count). The van der Waals surface area contributed by atoms with Crippen LogP contribution in [0, 0.1) is 0 Å². The molecular formula is C8H15Cl2N. The highest BCUT2D eigenvalue weighted by molar-refractivity contribution is 6.28. The Balaban J connectivity index is 2.13. The molecule has 0 spiro atoms. The van der Waals surface area contributed by atoms with Gasteiger partial charge in [0, 0.05) is 12.4 Å². The molecule has 1 aliphatic rings. The highest BCUT2D eigenvalue weighted by Crippen LogP contribution is 2.11. The number of halogens is 2. The van der Waals surface area contributed by atoms with Crippen molar-refractivity contribution in [3.8, 4) is 0 Å². The zero-order valence-corrected chi connectivity index (χ0v) is 8.24. The Morgan fingerprint density at radius 1 is 1.18 bits per heavy atom. The first-order chi connectivity index (χ1) is 5.33. The van der Waals surface area contributed by atoms with Gasteiger partial charge < -0.3 is 4.90 Å². The third kappa shape index (κ3) is 3.64. The second kappa shape index (κ2) is 5.23. The summed E-state index contributed by atoms with van der Waals surface area (Å²) in [6.45, 7) is 3.38. The summed E-state index contributed by atoms with van der Waals surface area (Å²) >= 11 is 11.5. The molecule has 1 atom stereocenters. The summed E-state index contributed by atoms with van der Waals surface area (Å²) in [6, 6.07) is 0. The van der Waals surface area contributed by atoms with Gasteiger partial charge in [0.05, 0.1) is 5.38 Å². The SMILES string of the molecule is ClCC(Cl)CN1CCCCC1. The Labute approximate surface area is 78.7 Å². The van der Waals surface area contributed by atoms with Crippen LogP contribution in [0.15, 0.2) is 0 Å². The van der Waals surface area contributed by atoms with Gasteiger partial charge >= 0.3 is 0 Å². The highest BCUT2D eigenvalue weighted by atomic mass is 35.5.